The van der Waals surface area contributed by atoms with Crippen LogP contribution >= 0.6 is 0 Å². The Morgan fingerprint density at radius 1 is 1.24 bits per heavy atom. The van der Waals surface area contributed by atoms with Crippen molar-refractivity contribution in [2.24, 2.45) is 5.92 Å². The number of carboxylic acids is 1. The van der Waals surface area contributed by atoms with Crippen molar-refractivity contribution in [3.63, 3.8) is 0 Å². The fourth-order valence-electron chi connectivity index (χ4n) is 3.26. The molecule has 2 amide bonds. The van der Waals surface area contributed by atoms with E-state index in [9.17, 15) is 14.7 Å². The summed E-state index contributed by atoms with van der Waals surface area (Å²) >= 11 is 0. The fraction of sp³-hybridized carbons (Fsp3) is 0.857. The predicted molar refractivity (Wildman–Crippen MR) is 77.0 cm³/mol. The van der Waals surface area contributed by atoms with E-state index in [2.05, 4.69) is 4.90 Å². The minimum atomic E-state index is -1.04. The molecule has 0 aromatic rings. The molecule has 2 heterocycles. The number of aliphatic carboxylic acids is 1. The molecule has 2 fully saturated rings. The van der Waals surface area contributed by atoms with Crippen molar-refractivity contribution in [1.29, 1.82) is 0 Å². The van der Waals surface area contributed by atoms with Gasteiger partial charge in [-0.1, -0.05) is 0 Å². The molecule has 21 heavy (non-hydrogen) atoms. The normalized spacial score (nSPS) is 27.4. The van der Waals surface area contributed by atoms with Crippen molar-refractivity contribution in [2.75, 3.05) is 40.3 Å². The molecule has 7 heteroatoms. The number of likely N-dealkylation sites (tertiary alicyclic amines) is 2. The number of rotatable bonds is 3. The third kappa shape index (κ3) is 3.85. The Balaban J connectivity index is 1.91. The Hall–Kier alpha value is -1.34. The van der Waals surface area contributed by atoms with E-state index in [-0.39, 0.29) is 19.0 Å². The second kappa shape index (κ2) is 6.62. The average Bonchev–Trinajstić information content (AvgIpc) is 2.80. The Morgan fingerprint density at radius 2 is 1.86 bits per heavy atom. The molecule has 0 aromatic carbocycles. The minimum Gasteiger partial charge on any atom is -0.480 e. The second-order valence-corrected chi connectivity index (χ2v) is 6.37. The van der Waals surface area contributed by atoms with Gasteiger partial charge in [0.1, 0.15) is 6.04 Å². The van der Waals surface area contributed by atoms with Crippen molar-refractivity contribution >= 4 is 12.0 Å². The van der Waals surface area contributed by atoms with E-state index in [1.165, 1.54) is 4.90 Å². The van der Waals surface area contributed by atoms with E-state index in [0.717, 1.165) is 19.4 Å². The van der Waals surface area contributed by atoms with Crippen molar-refractivity contribution in [2.45, 2.75) is 31.4 Å². The van der Waals surface area contributed by atoms with Gasteiger partial charge in [-0.15, -0.1) is 0 Å². The van der Waals surface area contributed by atoms with Crippen LogP contribution in [0, 0.1) is 5.92 Å². The number of aliphatic hydroxyl groups is 1. The molecule has 2 rings (SSSR count). The highest BCUT2D eigenvalue weighted by Crippen LogP contribution is 2.23. The van der Waals surface area contributed by atoms with Crippen LogP contribution in [0.1, 0.15) is 19.3 Å². The van der Waals surface area contributed by atoms with Gasteiger partial charge in [0.05, 0.1) is 6.10 Å². The third-order valence-electron chi connectivity index (χ3n) is 4.32. The monoisotopic (exact) mass is 299 g/mol. The zero-order chi connectivity index (χ0) is 15.6. The number of hydrogen-bond donors (Lipinski definition) is 2. The molecule has 0 bridgehead atoms. The number of aliphatic hydroxyl groups excluding tert-OH is 1. The highest BCUT2D eigenvalue weighted by Gasteiger charge is 2.41. The largest absolute Gasteiger partial charge is 0.480 e. The van der Waals surface area contributed by atoms with Gasteiger partial charge < -0.3 is 24.9 Å². The molecule has 0 unspecified atom stereocenters. The van der Waals surface area contributed by atoms with Crippen LogP contribution in [0.25, 0.3) is 0 Å². The number of carbonyl (C=O) groups excluding carboxylic acids is 1. The summed E-state index contributed by atoms with van der Waals surface area (Å²) in [6.45, 7) is 2.46. The maximum absolute atomic E-state index is 12.5. The van der Waals surface area contributed by atoms with Crippen molar-refractivity contribution in [1.82, 2.24) is 14.7 Å². The van der Waals surface area contributed by atoms with Gasteiger partial charge in [-0.25, -0.2) is 9.59 Å². The first-order chi connectivity index (χ1) is 9.88. The second-order valence-electron chi connectivity index (χ2n) is 6.37. The number of β-amino-alcohol motifs (C(OH)–C–C–N with tert-alkyl or cyclic N) is 1. The van der Waals surface area contributed by atoms with E-state index in [4.69, 9.17) is 5.11 Å². The van der Waals surface area contributed by atoms with Gasteiger partial charge >= 0.3 is 12.0 Å². The standard InChI is InChI=1S/C14H25N3O4/c1-15(2)8-10-3-5-16(6-4-10)14(21)17-9-11(18)7-12(17)13(19)20/h10-12,18H,3-9H2,1-2H3,(H,19,20)/t11-,12+/m1/s1. The van der Waals surface area contributed by atoms with Crippen molar-refractivity contribution in [3.05, 3.63) is 0 Å². The molecule has 0 radical (unpaired) electrons. The summed E-state index contributed by atoms with van der Waals surface area (Å²) in [6.07, 6.45) is 1.27. The summed E-state index contributed by atoms with van der Waals surface area (Å²) in [4.78, 5) is 28.8. The lowest BCUT2D eigenvalue weighted by Gasteiger charge is -2.36. The van der Waals surface area contributed by atoms with Crippen molar-refractivity contribution < 1.29 is 19.8 Å². The summed E-state index contributed by atoms with van der Waals surface area (Å²) in [5, 5.41) is 18.8. The van der Waals surface area contributed by atoms with Crippen LogP contribution in [0.5, 0.6) is 0 Å². The third-order valence-corrected chi connectivity index (χ3v) is 4.32. The van der Waals surface area contributed by atoms with E-state index in [0.29, 0.717) is 19.0 Å². The highest BCUT2D eigenvalue weighted by atomic mass is 16.4. The fourth-order valence-corrected chi connectivity index (χ4v) is 3.26. The van der Waals surface area contributed by atoms with Gasteiger partial charge in [0.15, 0.2) is 0 Å². The quantitative estimate of drug-likeness (QED) is 0.760. The number of nitrogens with zero attached hydrogens (tertiary/aromatic N) is 3. The summed E-state index contributed by atoms with van der Waals surface area (Å²) < 4.78 is 0. The van der Waals surface area contributed by atoms with Crippen LogP contribution in [-0.4, -0.2) is 89.3 Å². The Bertz CT molecular complexity index is 394. The van der Waals surface area contributed by atoms with Crippen LogP contribution in [0.3, 0.4) is 0 Å². The summed E-state index contributed by atoms with van der Waals surface area (Å²) in [6, 6.07) is -1.14. The van der Waals surface area contributed by atoms with Gasteiger partial charge in [-0.05, 0) is 32.9 Å². The first kappa shape index (κ1) is 16.0. The molecule has 2 aliphatic heterocycles. The van der Waals surface area contributed by atoms with Gasteiger partial charge in [-0.2, -0.15) is 0 Å². The highest BCUT2D eigenvalue weighted by molar-refractivity contribution is 5.83. The van der Waals surface area contributed by atoms with E-state index >= 15 is 0 Å². The van der Waals surface area contributed by atoms with Crippen LogP contribution in [0.4, 0.5) is 4.79 Å². The number of piperidine rings is 1. The van der Waals surface area contributed by atoms with Crippen LogP contribution < -0.4 is 0 Å². The Labute approximate surface area is 125 Å². The summed E-state index contributed by atoms with van der Waals surface area (Å²) in [7, 11) is 4.08. The molecule has 0 saturated carbocycles. The SMILES string of the molecule is CN(C)CC1CCN(C(=O)N2C[C@H](O)C[C@H]2C(=O)O)CC1. The molecular weight excluding hydrogens is 274 g/mol. The lowest BCUT2D eigenvalue weighted by molar-refractivity contribution is -0.141. The van der Waals surface area contributed by atoms with Crippen molar-refractivity contribution in [3.8, 4) is 0 Å². The number of urea groups is 1. The van der Waals surface area contributed by atoms with Crippen LogP contribution in [0.15, 0.2) is 0 Å². The Morgan fingerprint density at radius 3 is 2.38 bits per heavy atom. The van der Waals surface area contributed by atoms with Gasteiger partial charge in [-0.3, -0.25) is 0 Å². The van der Waals surface area contributed by atoms with Crippen LogP contribution in [0.2, 0.25) is 0 Å². The number of carbonyl (C=O) groups is 2. The van der Waals surface area contributed by atoms with Crippen LogP contribution in [-0.2, 0) is 4.79 Å². The predicted octanol–water partition coefficient (Wildman–Crippen LogP) is -0.100. The maximum atomic E-state index is 12.5. The topological polar surface area (TPSA) is 84.3 Å². The van der Waals surface area contributed by atoms with E-state index < -0.39 is 18.1 Å². The Kier molecular flexibility index (Phi) is 5.05. The average molecular weight is 299 g/mol. The first-order valence-electron chi connectivity index (χ1n) is 7.49. The molecular formula is C14H25N3O4. The van der Waals surface area contributed by atoms with Gasteiger partial charge in [0, 0.05) is 32.6 Å². The molecule has 120 valence electrons. The van der Waals surface area contributed by atoms with Gasteiger partial charge in [0.25, 0.3) is 0 Å². The number of hydrogen-bond acceptors (Lipinski definition) is 4. The zero-order valence-corrected chi connectivity index (χ0v) is 12.7. The number of carboxylic acid groups (broad SMARTS) is 1. The lowest BCUT2D eigenvalue weighted by Crippen LogP contribution is -2.50. The molecule has 0 aliphatic carbocycles. The molecule has 2 N–H and O–H groups in total. The molecule has 0 aromatic heterocycles. The molecule has 2 aliphatic rings. The minimum absolute atomic E-state index is 0.118. The molecule has 0 spiro atoms. The van der Waals surface area contributed by atoms with Gasteiger partial charge in [0.2, 0.25) is 0 Å². The zero-order valence-electron chi connectivity index (χ0n) is 12.7. The molecule has 2 saturated heterocycles. The van der Waals surface area contributed by atoms with E-state index in [1.54, 1.807) is 4.90 Å². The number of amides is 2. The lowest BCUT2D eigenvalue weighted by atomic mass is 9.96. The van der Waals surface area contributed by atoms with E-state index in [1.807, 2.05) is 14.1 Å². The molecule has 2 atom stereocenters. The molecule has 7 nitrogen and oxygen atoms in total. The maximum Gasteiger partial charge on any atom is 0.326 e. The summed E-state index contributed by atoms with van der Waals surface area (Å²) in [5.74, 6) is -0.453. The smallest absolute Gasteiger partial charge is 0.326 e. The first-order valence-corrected chi connectivity index (χ1v) is 7.49. The summed E-state index contributed by atoms with van der Waals surface area (Å²) in [5.41, 5.74) is 0.